The van der Waals surface area contributed by atoms with Crippen LogP contribution < -0.4 is 4.90 Å². The molecule has 4 heteroatoms. The third-order valence-electron chi connectivity index (χ3n) is 3.93. The molecule has 22 heavy (non-hydrogen) atoms. The lowest BCUT2D eigenvalue weighted by atomic mass is 10.2. The lowest BCUT2D eigenvalue weighted by Crippen LogP contribution is -2.24. The number of fused-ring (bicyclic) bond motifs is 2. The van der Waals surface area contributed by atoms with Gasteiger partial charge in [0.25, 0.3) is 0 Å². The maximum Gasteiger partial charge on any atom is 0.130 e. The molecule has 3 aromatic rings. The average molecular weight is 371 g/mol. The Morgan fingerprint density at radius 1 is 1.05 bits per heavy atom. The first-order valence-corrected chi connectivity index (χ1v) is 9.10. The summed E-state index contributed by atoms with van der Waals surface area (Å²) in [6, 6.07) is 19.1. The summed E-state index contributed by atoms with van der Waals surface area (Å²) in [6.45, 7) is 1.93. The van der Waals surface area contributed by atoms with Gasteiger partial charge in [-0.2, -0.15) is 0 Å². The first-order valence-electron chi connectivity index (χ1n) is 7.32. The lowest BCUT2D eigenvalue weighted by Gasteiger charge is -2.22. The van der Waals surface area contributed by atoms with Crippen LogP contribution in [0.1, 0.15) is 5.56 Å². The van der Waals surface area contributed by atoms with Crippen molar-refractivity contribution in [2.75, 3.05) is 17.2 Å². The molecule has 0 fully saturated rings. The first kappa shape index (κ1) is 14.1. The van der Waals surface area contributed by atoms with E-state index < -0.39 is 0 Å². The normalized spacial score (nSPS) is 14.7. The highest BCUT2D eigenvalue weighted by molar-refractivity contribution is 9.10. The van der Waals surface area contributed by atoms with Gasteiger partial charge >= 0.3 is 0 Å². The van der Waals surface area contributed by atoms with E-state index in [0.29, 0.717) is 0 Å². The van der Waals surface area contributed by atoms with Gasteiger partial charge in [-0.05, 0) is 39.7 Å². The number of hydrogen-bond donors (Lipinski definition) is 0. The van der Waals surface area contributed by atoms with E-state index in [0.717, 1.165) is 40.0 Å². The molecule has 0 saturated heterocycles. The summed E-state index contributed by atoms with van der Waals surface area (Å²) in [5.41, 5.74) is 2.42. The zero-order valence-corrected chi connectivity index (χ0v) is 14.4. The van der Waals surface area contributed by atoms with Crippen LogP contribution in [-0.4, -0.2) is 17.3 Å². The van der Waals surface area contributed by atoms with E-state index in [1.807, 2.05) is 23.9 Å². The van der Waals surface area contributed by atoms with Gasteiger partial charge in [-0.1, -0.05) is 36.4 Å². The quantitative estimate of drug-likeness (QED) is 0.591. The fourth-order valence-corrected chi connectivity index (χ4v) is 4.37. The van der Waals surface area contributed by atoms with Gasteiger partial charge in [-0.15, -0.1) is 11.8 Å². The van der Waals surface area contributed by atoms with Gasteiger partial charge in [-0.3, -0.25) is 0 Å². The Hall–Kier alpha value is -1.52. The largest absolute Gasteiger partial charge is 0.351 e. The summed E-state index contributed by atoms with van der Waals surface area (Å²) in [6.07, 6.45) is 0. The summed E-state index contributed by atoms with van der Waals surface area (Å²) >= 11 is 5.63. The SMILES string of the molecule is Brc1cc(N2CCSc3ccccc3C2)nc2ccccc12. The molecule has 0 radical (unpaired) electrons. The molecule has 2 heterocycles. The molecule has 0 spiro atoms. The van der Waals surface area contributed by atoms with Gasteiger partial charge in [-0.25, -0.2) is 4.98 Å². The third kappa shape index (κ3) is 2.61. The van der Waals surface area contributed by atoms with Gasteiger partial charge in [0.05, 0.1) is 5.52 Å². The molecule has 0 aliphatic carbocycles. The minimum atomic E-state index is 0.918. The summed E-state index contributed by atoms with van der Waals surface area (Å²) in [7, 11) is 0. The van der Waals surface area contributed by atoms with Gasteiger partial charge in [0.2, 0.25) is 0 Å². The molecule has 0 N–H and O–H groups in total. The summed E-state index contributed by atoms with van der Waals surface area (Å²) in [4.78, 5) is 8.63. The number of thioether (sulfide) groups is 1. The topological polar surface area (TPSA) is 16.1 Å². The van der Waals surface area contributed by atoms with Crippen LogP contribution in [0.15, 0.2) is 64.0 Å². The molecule has 0 unspecified atom stereocenters. The van der Waals surface area contributed by atoms with Crippen LogP contribution in [0.3, 0.4) is 0 Å². The summed E-state index contributed by atoms with van der Waals surface area (Å²) < 4.78 is 1.11. The zero-order valence-electron chi connectivity index (χ0n) is 12.0. The molecule has 4 rings (SSSR count). The average Bonchev–Trinajstić information content (AvgIpc) is 2.77. The number of para-hydroxylation sites is 1. The fourth-order valence-electron chi connectivity index (χ4n) is 2.80. The Balaban J connectivity index is 1.75. The molecule has 2 nitrogen and oxygen atoms in total. The van der Waals surface area contributed by atoms with Crippen LogP contribution in [0.2, 0.25) is 0 Å². The molecule has 1 aliphatic heterocycles. The second-order valence-corrected chi connectivity index (χ2v) is 7.35. The lowest BCUT2D eigenvalue weighted by molar-refractivity contribution is 0.821. The molecule has 2 aromatic carbocycles. The van der Waals surface area contributed by atoms with Gasteiger partial charge in [0, 0.05) is 33.6 Å². The van der Waals surface area contributed by atoms with Crippen molar-refractivity contribution >= 4 is 44.4 Å². The van der Waals surface area contributed by atoms with Crippen LogP contribution in [0.5, 0.6) is 0 Å². The monoisotopic (exact) mass is 370 g/mol. The maximum absolute atomic E-state index is 4.86. The molecule has 0 atom stereocenters. The van der Waals surface area contributed by atoms with Crippen molar-refractivity contribution in [1.29, 1.82) is 0 Å². The van der Waals surface area contributed by atoms with E-state index in [2.05, 4.69) is 63.3 Å². The molecule has 0 bridgehead atoms. The molecular weight excluding hydrogens is 356 g/mol. The van der Waals surface area contributed by atoms with Crippen LogP contribution >= 0.6 is 27.7 Å². The highest BCUT2D eigenvalue weighted by Gasteiger charge is 2.17. The predicted octanol–water partition coefficient (Wildman–Crippen LogP) is 5.11. The summed E-state index contributed by atoms with van der Waals surface area (Å²) in [5, 5.41) is 1.16. The number of aromatic nitrogens is 1. The van der Waals surface area contributed by atoms with Crippen molar-refractivity contribution in [2.24, 2.45) is 0 Å². The Morgan fingerprint density at radius 2 is 1.86 bits per heavy atom. The summed E-state index contributed by atoms with van der Waals surface area (Å²) in [5.74, 6) is 2.13. The van der Waals surface area contributed by atoms with E-state index in [1.165, 1.54) is 10.5 Å². The highest BCUT2D eigenvalue weighted by Crippen LogP contribution is 2.32. The number of halogens is 1. The first-order chi connectivity index (χ1) is 10.8. The fraction of sp³-hybridized carbons (Fsp3) is 0.167. The molecule has 0 amide bonds. The Kier molecular flexibility index (Phi) is 3.80. The van der Waals surface area contributed by atoms with Crippen LogP contribution in [-0.2, 0) is 6.54 Å². The van der Waals surface area contributed by atoms with Crippen molar-refractivity contribution in [3.05, 3.63) is 64.6 Å². The van der Waals surface area contributed by atoms with Gasteiger partial charge in [0.1, 0.15) is 5.82 Å². The van der Waals surface area contributed by atoms with Gasteiger partial charge < -0.3 is 4.90 Å². The third-order valence-corrected chi connectivity index (χ3v) is 5.68. The second-order valence-electron chi connectivity index (χ2n) is 5.36. The van der Waals surface area contributed by atoms with Crippen LogP contribution in [0.4, 0.5) is 5.82 Å². The Morgan fingerprint density at radius 3 is 2.82 bits per heavy atom. The van der Waals surface area contributed by atoms with E-state index in [1.54, 1.807) is 0 Å². The van der Waals surface area contributed by atoms with Crippen molar-refractivity contribution in [3.8, 4) is 0 Å². The van der Waals surface area contributed by atoms with Gasteiger partial charge in [0.15, 0.2) is 0 Å². The smallest absolute Gasteiger partial charge is 0.130 e. The Labute approximate surface area is 142 Å². The number of pyridine rings is 1. The maximum atomic E-state index is 4.86. The number of anilines is 1. The number of nitrogens with zero attached hydrogens (tertiary/aromatic N) is 2. The molecule has 0 saturated carbocycles. The van der Waals surface area contributed by atoms with Crippen LogP contribution in [0.25, 0.3) is 10.9 Å². The minimum absolute atomic E-state index is 0.918. The van der Waals surface area contributed by atoms with Crippen LogP contribution in [0, 0.1) is 0 Å². The van der Waals surface area contributed by atoms with E-state index in [9.17, 15) is 0 Å². The molecule has 1 aromatic heterocycles. The van der Waals surface area contributed by atoms with Crippen molar-refractivity contribution in [1.82, 2.24) is 4.98 Å². The minimum Gasteiger partial charge on any atom is -0.351 e. The molecular formula is C18H15BrN2S. The molecule has 110 valence electrons. The predicted molar refractivity (Wildman–Crippen MR) is 97.7 cm³/mol. The molecule has 1 aliphatic rings. The number of rotatable bonds is 1. The van der Waals surface area contributed by atoms with E-state index >= 15 is 0 Å². The van der Waals surface area contributed by atoms with E-state index in [-0.39, 0.29) is 0 Å². The van der Waals surface area contributed by atoms with Crippen molar-refractivity contribution in [2.45, 2.75) is 11.4 Å². The number of hydrogen-bond acceptors (Lipinski definition) is 3. The standard InChI is InChI=1S/C18H15BrN2S/c19-15-11-18(20-16-7-3-2-6-14(15)16)21-9-10-22-17-8-4-1-5-13(17)12-21/h1-8,11H,9-10,12H2. The highest BCUT2D eigenvalue weighted by atomic mass is 79.9. The second kappa shape index (κ2) is 5.94. The van der Waals surface area contributed by atoms with E-state index in [4.69, 9.17) is 4.98 Å². The Bertz CT molecular complexity index is 834. The number of benzene rings is 2. The van der Waals surface area contributed by atoms with Crippen molar-refractivity contribution < 1.29 is 0 Å². The zero-order chi connectivity index (χ0) is 14.9. The van der Waals surface area contributed by atoms with Crippen molar-refractivity contribution in [3.63, 3.8) is 0 Å².